The predicted molar refractivity (Wildman–Crippen MR) is 76.0 cm³/mol. The van der Waals surface area contributed by atoms with Gasteiger partial charge in [-0.15, -0.1) is 0 Å². The zero-order valence-corrected chi connectivity index (χ0v) is 11.3. The fraction of sp³-hybridized carbons (Fsp3) is 0.118. The predicted octanol–water partition coefficient (Wildman–Crippen LogP) is 4.82. The van der Waals surface area contributed by atoms with Gasteiger partial charge in [0.15, 0.2) is 5.78 Å². The van der Waals surface area contributed by atoms with Gasteiger partial charge >= 0.3 is 6.18 Å². The second-order valence-electron chi connectivity index (χ2n) is 4.66. The van der Waals surface area contributed by atoms with E-state index in [2.05, 4.69) is 0 Å². The molecule has 0 spiro atoms. The number of hydrogen-bond donors (Lipinski definition) is 0. The second kappa shape index (κ2) is 5.95. The Labute approximate surface area is 120 Å². The summed E-state index contributed by atoms with van der Waals surface area (Å²) in [6.45, 7) is 1.84. The monoisotopic (exact) mass is 290 g/mol. The molecular weight excluding hydrogens is 277 g/mol. The number of aryl methyl sites for hydroxylation is 1. The van der Waals surface area contributed by atoms with E-state index >= 15 is 0 Å². The number of alkyl halides is 3. The van der Waals surface area contributed by atoms with Crippen LogP contribution in [0.15, 0.2) is 60.2 Å². The van der Waals surface area contributed by atoms with Crippen LogP contribution in [0, 0.1) is 6.92 Å². The second-order valence-corrected chi connectivity index (χ2v) is 4.66. The van der Waals surface area contributed by atoms with Crippen molar-refractivity contribution in [3.05, 3.63) is 76.9 Å². The molecular formula is C17H13F3O. The summed E-state index contributed by atoms with van der Waals surface area (Å²) < 4.78 is 39.4. The summed E-state index contributed by atoms with van der Waals surface area (Å²) in [4.78, 5) is 12.1. The normalized spacial score (nSPS) is 12.3. The molecule has 2 aromatic rings. The molecule has 0 aliphatic heterocycles. The molecule has 0 saturated heterocycles. The highest BCUT2D eigenvalue weighted by Crippen LogP contribution is 2.30. The largest absolute Gasteiger partial charge is 0.420 e. The van der Waals surface area contributed by atoms with Crippen LogP contribution < -0.4 is 0 Å². The van der Waals surface area contributed by atoms with Crippen molar-refractivity contribution < 1.29 is 18.0 Å². The molecule has 21 heavy (non-hydrogen) atoms. The zero-order valence-electron chi connectivity index (χ0n) is 11.3. The molecule has 4 heteroatoms. The maximum absolute atomic E-state index is 13.1. The van der Waals surface area contributed by atoms with Crippen molar-refractivity contribution in [2.24, 2.45) is 0 Å². The lowest BCUT2D eigenvalue weighted by Gasteiger charge is -2.11. The van der Waals surface area contributed by atoms with E-state index in [1.165, 1.54) is 24.3 Å². The van der Waals surface area contributed by atoms with Gasteiger partial charge < -0.3 is 0 Å². The Morgan fingerprint density at radius 3 is 2.05 bits per heavy atom. The van der Waals surface area contributed by atoms with Crippen molar-refractivity contribution in [3.8, 4) is 0 Å². The van der Waals surface area contributed by atoms with Crippen LogP contribution in [0.5, 0.6) is 0 Å². The van der Waals surface area contributed by atoms with Crippen molar-refractivity contribution >= 4 is 11.9 Å². The van der Waals surface area contributed by atoms with Crippen LogP contribution in [0.1, 0.15) is 21.5 Å². The Hall–Kier alpha value is -2.36. The third kappa shape index (κ3) is 3.81. The summed E-state index contributed by atoms with van der Waals surface area (Å²) in [7, 11) is 0. The van der Waals surface area contributed by atoms with Crippen molar-refractivity contribution in [2.75, 3.05) is 0 Å². The first kappa shape index (κ1) is 15.0. The number of allylic oxidation sites excluding steroid dienone is 1. The van der Waals surface area contributed by atoms with E-state index in [1.807, 2.05) is 6.92 Å². The van der Waals surface area contributed by atoms with E-state index in [4.69, 9.17) is 0 Å². The summed E-state index contributed by atoms with van der Waals surface area (Å²) in [5, 5.41) is 0. The van der Waals surface area contributed by atoms with Gasteiger partial charge in [0.25, 0.3) is 0 Å². The molecule has 0 saturated carbocycles. The highest BCUT2D eigenvalue weighted by atomic mass is 19.4. The lowest BCUT2D eigenvalue weighted by atomic mass is 10.00. The van der Waals surface area contributed by atoms with Crippen LogP contribution in [0.25, 0.3) is 6.08 Å². The smallest absolute Gasteiger partial charge is 0.289 e. The van der Waals surface area contributed by atoms with Gasteiger partial charge in [0.05, 0.1) is 0 Å². The van der Waals surface area contributed by atoms with Crippen molar-refractivity contribution in [3.63, 3.8) is 0 Å². The van der Waals surface area contributed by atoms with E-state index < -0.39 is 17.5 Å². The molecule has 0 aliphatic rings. The van der Waals surface area contributed by atoms with Crippen LogP contribution in [0.2, 0.25) is 0 Å². The van der Waals surface area contributed by atoms with E-state index in [9.17, 15) is 18.0 Å². The van der Waals surface area contributed by atoms with Gasteiger partial charge in [-0.25, -0.2) is 0 Å². The topological polar surface area (TPSA) is 17.1 Å². The Bertz CT molecular complexity index is 653. The molecule has 0 bridgehead atoms. The summed E-state index contributed by atoms with van der Waals surface area (Å²) in [6, 6.07) is 14.0. The maximum Gasteiger partial charge on any atom is 0.420 e. The molecule has 0 N–H and O–H groups in total. The van der Waals surface area contributed by atoms with Gasteiger partial charge in [-0.05, 0) is 18.6 Å². The minimum Gasteiger partial charge on any atom is -0.289 e. The van der Waals surface area contributed by atoms with Crippen LogP contribution in [0.3, 0.4) is 0 Å². The van der Waals surface area contributed by atoms with Gasteiger partial charge in [0, 0.05) is 5.56 Å². The Balaban J connectivity index is 2.45. The first-order valence-electron chi connectivity index (χ1n) is 6.33. The molecule has 108 valence electrons. The maximum atomic E-state index is 13.1. The lowest BCUT2D eigenvalue weighted by molar-refractivity contribution is -0.0878. The minimum absolute atomic E-state index is 0.0215. The third-order valence-electron chi connectivity index (χ3n) is 2.97. The van der Waals surface area contributed by atoms with Crippen molar-refractivity contribution in [1.29, 1.82) is 0 Å². The first-order chi connectivity index (χ1) is 9.88. The molecule has 0 aliphatic carbocycles. The number of carbonyl (C=O) groups is 1. The zero-order chi connectivity index (χ0) is 15.5. The molecule has 0 radical (unpaired) electrons. The van der Waals surface area contributed by atoms with Crippen LogP contribution >= 0.6 is 0 Å². The number of rotatable bonds is 3. The number of carbonyl (C=O) groups excluding carboxylic acids is 1. The molecule has 0 atom stereocenters. The number of halogens is 3. The number of hydrogen-bond acceptors (Lipinski definition) is 1. The quantitative estimate of drug-likeness (QED) is 0.585. The fourth-order valence-electron chi connectivity index (χ4n) is 1.85. The van der Waals surface area contributed by atoms with Crippen molar-refractivity contribution in [2.45, 2.75) is 13.1 Å². The first-order valence-corrected chi connectivity index (χ1v) is 6.33. The summed E-state index contributed by atoms with van der Waals surface area (Å²) in [5.74, 6) is -1.02. The fourth-order valence-corrected chi connectivity index (χ4v) is 1.85. The average Bonchev–Trinajstić information content (AvgIpc) is 2.45. The number of benzene rings is 2. The van der Waals surface area contributed by atoms with E-state index in [0.29, 0.717) is 5.56 Å². The Morgan fingerprint density at radius 2 is 1.52 bits per heavy atom. The summed E-state index contributed by atoms with van der Waals surface area (Å²) in [6.07, 6.45) is -3.81. The molecule has 0 heterocycles. The highest BCUT2D eigenvalue weighted by molar-refractivity contribution is 6.12. The summed E-state index contributed by atoms with van der Waals surface area (Å²) >= 11 is 0. The molecule has 0 aromatic heterocycles. The minimum atomic E-state index is -4.70. The molecule has 0 amide bonds. The van der Waals surface area contributed by atoms with E-state index in [-0.39, 0.29) is 5.56 Å². The van der Waals surface area contributed by atoms with Gasteiger partial charge in [-0.3, -0.25) is 4.79 Å². The van der Waals surface area contributed by atoms with E-state index in [1.54, 1.807) is 30.3 Å². The lowest BCUT2D eigenvalue weighted by Crippen LogP contribution is -2.20. The van der Waals surface area contributed by atoms with Gasteiger partial charge in [-0.2, -0.15) is 13.2 Å². The van der Waals surface area contributed by atoms with Gasteiger partial charge in [0.2, 0.25) is 0 Å². The SMILES string of the molecule is Cc1ccc(/C=C(\C(=O)c2ccccc2)C(F)(F)F)cc1. The molecule has 0 unspecified atom stereocenters. The standard InChI is InChI=1S/C17H13F3O/c1-12-7-9-13(10-8-12)11-15(17(18,19)20)16(21)14-5-3-2-4-6-14/h2-11H,1H3/b15-11+. The average molecular weight is 290 g/mol. The Morgan fingerprint density at radius 1 is 0.952 bits per heavy atom. The Kier molecular flexibility index (Phi) is 4.26. The molecule has 2 rings (SSSR count). The molecule has 2 aromatic carbocycles. The number of ketones is 1. The third-order valence-corrected chi connectivity index (χ3v) is 2.97. The van der Waals surface area contributed by atoms with Gasteiger partial charge in [0.1, 0.15) is 5.57 Å². The van der Waals surface area contributed by atoms with Crippen LogP contribution in [-0.4, -0.2) is 12.0 Å². The van der Waals surface area contributed by atoms with Crippen LogP contribution in [0.4, 0.5) is 13.2 Å². The number of Topliss-reactive ketones (excluding diaryl/α,β-unsaturated/α-hetero) is 1. The van der Waals surface area contributed by atoms with Gasteiger partial charge in [-0.1, -0.05) is 60.2 Å². The van der Waals surface area contributed by atoms with Crippen LogP contribution in [-0.2, 0) is 0 Å². The molecule has 1 nitrogen and oxygen atoms in total. The van der Waals surface area contributed by atoms with Crippen molar-refractivity contribution in [1.82, 2.24) is 0 Å². The summed E-state index contributed by atoms with van der Waals surface area (Å²) in [5.41, 5.74) is 0.137. The highest BCUT2D eigenvalue weighted by Gasteiger charge is 2.38. The van der Waals surface area contributed by atoms with E-state index in [0.717, 1.165) is 11.6 Å². The molecule has 0 fully saturated rings.